The van der Waals surface area contributed by atoms with E-state index in [-0.39, 0.29) is 0 Å². The molecule has 0 aliphatic rings. The molecule has 0 unspecified atom stereocenters. The van der Waals surface area contributed by atoms with Crippen LogP contribution in [-0.4, -0.2) is 11.6 Å². The van der Waals surface area contributed by atoms with Gasteiger partial charge in [0.25, 0.3) is 0 Å². The Balaban J connectivity index is 4.35. The molecule has 0 radical (unpaired) electrons. The van der Waals surface area contributed by atoms with Gasteiger partial charge in [0.15, 0.2) is 0 Å². The van der Waals surface area contributed by atoms with Gasteiger partial charge in [-0.15, -0.1) is 11.8 Å². The summed E-state index contributed by atoms with van der Waals surface area (Å²) in [5.41, 5.74) is 1.22. The molecular weight excluding hydrogens is 220 g/mol. The summed E-state index contributed by atoms with van der Waals surface area (Å²) >= 11 is 5.13. The third-order valence-corrected chi connectivity index (χ3v) is 2.74. The zero-order chi connectivity index (χ0) is 8.69. The SMILES string of the molecule is C=C/C(=C\C(=C/C)SC)CBr. The van der Waals surface area contributed by atoms with Crippen molar-refractivity contribution in [1.82, 2.24) is 0 Å². The largest absolute Gasteiger partial charge is 0.130 e. The Kier molecular flexibility index (Phi) is 6.77. The number of hydrogen-bond acceptors (Lipinski definition) is 1. The molecular formula is C9H13BrS. The smallest absolute Gasteiger partial charge is 0.0283 e. The van der Waals surface area contributed by atoms with Crippen molar-refractivity contribution in [2.24, 2.45) is 0 Å². The predicted molar refractivity (Wildman–Crippen MR) is 59.3 cm³/mol. The van der Waals surface area contributed by atoms with Gasteiger partial charge in [0.1, 0.15) is 0 Å². The number of thioether (sulfide) groups is 1. The van der Waals surface area contributed by atoms with Crippen LogP contribution in [0.4, 0.5) is 0 Å². The van der Waals surface area contributed by atoms with E-state index in [4.69, 9.17) is 0 Å². The quantitative estimate of drug-likeness (QED) is 0.526. The fourth-order valence-corrected chi connectivity index (χ4v) is 1.49. The minimum absolute atomic E-state index is 0.869. The van der Waals surface area contributed by atoms with Crippen LogP contribution in [0.3, 0.4) is 0 Å². The zero-order valence-corrected chi connectivity index (χ0v) is 9.33. The Hall–Kier alpha value is 0.0500. The molecule has 0 aliphatic heterocycles. The summed E-state index contributed by atoms with van der Waals surface area (Å²) in [5.74, 6) is 0. The van der Waals surface area contributed by atoms with Crippen LogP contribution < -0.4 is 0 Å². The number of rotatable bonds is 4. The topological polar surface area (TPSA) is 0 Å². The first-order valence-electron chi connectivity index (χ1n) is 3.37. The Bertz CT molecular complexity index is 180. The molecule has 0 atom stereocenters. The Morgan fingerprint density at radius 3 is 2.55 bits per heavy atom. The fourth-order valence-electron chi connectivity index (χ4n) is 0.595. The monoisotopic (exact) mass is 232 g/mol. The normalized spacial score (nSPS) is 13.4. The van der Waals surface area contributed by atoms with Crippen LogP contribution in [0.1, 0.15) is 6.92 Å². The summed E-state index contributed by atoms with van der Waals surface area (Å²) in [4.78, 5) is 1.28. The maximum absolute atomic E-state index is 3.72. The van der Waals surface area contributed by atoms with E-state index in [2.05, 4.69) is 40.9 Å². The van der Waals surface area contributed by atoms with Crippen LogP contribution in [0.25, 0.3) is 0 Å². The number of halogens is 1. The van der Waals surface area contributed by atoms with Crippen molar-refractivity contribution in [2.45, 2.75) is 6.92 Å². The summed E-state index contributed by atoms with van der Waals surface area (Å²) in [6.07, 6.45) is 8.17. The Morgan fingerprint density at radius 1 is 1.64 bits per heavy atom. The molecule has 0 nitrogen and oxygen atoms in total. The maximum Gasteiger partial charge on any atom is 0.0283 e. The third kappa shape index (κ3) is 4.49. The van der Waals surface area contributed by atoms with Crippen LogP contribution >= 0.6 is 27.7 Å². The lowest BCUT2D eigenvalue weighted by Crippen LogP contribution is -1.78. The molecule has 0 aromatic rings. The van der Waals surface area contributed by atoms with Crippen molar-refractivity contribution >= 4 is 27.7 Å². The van der Waals surface area contributed by atoms with Gasteiger partial charge in [0.05, 0.1) is 0 Å². The maximum atomic E-state index is 3.72. The number of hydrogen-bond donors (Lipinski definition) is 0. The first-order chi connectivity index (χ1) is 5.28. The van der Waals surface area contributed by atoms with Gasteiger partial charge in [-0.1, -0.05) is 34.7 Å². The highest BCUT2D eigenvalue weighted by molar-refractivity contribution is 9.09. The summed E-state index contributed by atoms with van der Waals surface area (Å²) in [7, 11) is 0. The molecule has 0 saturated carbocycles. The van der Waals surface area contributed by atoms with Crippen LogP contribution in [0, 0.1) is 0 Å². The van der Waals surface area contributed by atoms with Crippen LogP contribution in [0.5, 0.6) is 0 Å². The molecule has 0 saturated heterocycles. The molecule has 11 heavy (non-hydrogen) atoms. The molecule has 0 spiro atoms. The molecule has 2 heteroatoms. The molecule has 0 aromatic carbocycles. The molecule has 0 aromatic heterocycles. The van der Waals surface area contributed by atoms with Crippen LogP contribution in [-0.2, 0) is 0 Å². The molecule has 0 heterocycles. The molecule has 0 bridgehead atoms. The highest BCUT2D eigenvalue weighted by atomic mass is 79.9. The molecule has 0 fully saturated rings. The fraction of sp³-hybridized carbons (Fsp3) is 0.333. The summed E-state index contributed by atoms with van der Waals surface area (Å²) < 4.78 is 0. The predicted octanol–water partition coefficient (Wildman–Crippen LogP) is 3.76. The third-order valence-electron chi connectivity index (χ3n) is 1.26. The van der Waals surface area contributed by atoms with Gasteiger partial charge < -0.3 is 0 Å². The molecule has 0 amide bonds. The molecule has 0 rings (SSSR count). The lowest BCUT2D eigenvalue weighted by molar-refractivity contribution is 1.55. The highest BCUT2D eigenvalue weighted by Gasteiger charge is 1.90. The first kappa shape index (κ1) is 11.1. The average molecular weight is 233 g/mol. The van der Waals surface area contributed by atoms with E-state index >= 15 is 0 Å². The van der Waals surface area contributed by atoms with Gasteiger partial charge >= 0.3 is 0 Å². The van der Waals surface area contributed by atoms with E-state index in [0.717, 1.165) is 5.33 Å². The van der Waals surface area contributed by atoms with E-state index in [1.807, 2.05) is 13.0 Å². The highest BCUT2D eigenvalue weighted by Crippen LogP contribution is 2.16. The molecule has 0 N–H and O–H groups in total. The Morgan fingerprint density at radius 2 is 2.27 bits per heavy atom. The van der Waals surface area contributed by atoms with E-state index in [9.17, 15) is 0 Å². The lowest BCUT2D eigenvalue weighted by Gasteiger charge is -1.97. The number of alkyl halides is 1. The van der Waals surface area contributed by atoms with Crippen molar-refractivity contribution in [1.29, 1.82) is 0 Å². The minimum atomic E-state index is 0.869. The second-order valence-corrected chi connectivity index (χ2v) is 3.39. The lowest BCUT2D eigenvalue weighted by atomic mass is 10.3. The van der Waals surface area contributed by atoms with Crippen LogP contribution in [0.15, 0.2) is 35.3 Å². The van der Waals surface area contributed by atoms with Gasteiger partial charge in [-0.3, -0.25) is 0 Å². The second kappa shape index (κ2) is 6.74. The second-order valence-electron chi connectivity index (χ2n) is 1.95. The van der Waals surface area contributed by atoms with Crippen molar-refractivity contribution in [3.8, 4) is 0 Å². The first-order valence-corrected chi connectivity index (χ1v) is 5.72. The van der Waals surface area contributed by atoms with Crippen molar-refractivity contribution in [3.63, 3.8) is 0 Å². The summed E-state index contributed by atoms with van der Waals surface area (Å²) in [6.45, 7) is 5.76. The minimum Gasteiger partial charge on any atom is -0.130 e. The summed E-state index contributed by atoms with van der Waals surface area (Å²) in [6, 6.07) is 0. The van der Waals surface area contributed by atoms with Gasteiger partial charge in [-0.05, 0) is 24.8 Å². The molecule has 62 valence electrons. The number of allylic oxidation sites excluding steroid dienone is 4. The molecule has 0 aliphatic carbocycles. The van der Waals surface area contributed by atoms with E-state index in [1.54, 1.807) is 11.8 Å². The summed E-state index contributed by atoms with van der Waals surface area (Å²) in [5, 5.41) is 0.869. The van der Waals surface area contributed by atoms with Crippen LogP contribution in [0.2, 0.25) is 0 Å². The van der Waals surface area contributed by atoms with E-state index in [0.29, 0.717) is 0 Å². The average Bonchev–Trinajstić information content (AvgIpc) is 2.07. The van der Waals surface area contributed by atoms with Crippen molar-refractivity contribution in [2.75, 3.05) is 11.6 Å². The standard InChI is InChI=1S/C9H13BrS/c1-4-8(7-10)6-9(5-2)11-3/h4-6H,1,7H2,2-3H3/b8-6+,9-5+. The van der Waals surface area contributed by atoms with Gasteiger partial charge in [-0.25, -0.2) is 0 Å². The van der Waals surface area contributed by atoms with Gasteiger partial charge in [-0.2, -0.15) is 0 Å². The van der Waals surface area contributed by atoms with Gasteiger partial charge in [0, 0.05) is 10.2 Å². The Labute approximate surface area is 81.6 Å². The zero-order valence-electron chi connectivity index (χ0n) is 6.93. The van der Waals surface area contributed by atoms with E-state index < -0.39 is 0 Å². The van der Waals surface area contributed by atoms with Crippen molar-refractivity contribution in [3.05, 3.63) is 35.3 Å². The van der Waals surface area contributed by atoms with Gasteiger partial charge in [0.2, 0.25) is 0 Å². The van der Waals surface area contributed by atoms with Crippen molar-refractivity contribution < 1.29 is 0 Å². The van der Waals surface area contributed by atoms with E-state index in [1.165, 1.54) is 10.5 Å².